The molecule has 1 aliphatic heterocycles. The third kappa shape index (κ3) is 5.21. The van der Waals surface area contributed by atoms with Crippen LogP contribution >= 0.6 is 43.6 Å². The van der Waals surface area contributed by atoms with Gasteiger partial charge in [-0.2, -0.15) is 0 Å². The number of rotatable bonds is 7. The van der Waals surface area contributed by atoms with Crippen LogP contribution in [0.2, 0.25) is 0 Å². The molecule has 2 aromatic carbocycles. The summed E-state index contributed by atoms with van der Waals surface area (Å²) in [5.74, 6) is 0.618. The van der Waals surface area contributed by atoms with Crippen LogP contribution in [0.25, 0.3) is 6.08 Å². The maximum atomic E-state index is 12.4. The van der Waals surface area contributed by atoms with E-state index in [0.717, 1.165) is 26.6 Å². The van der Waals surface area contributed by atoms with Crippen molar-refractivity contribution in [2.24, 2.45) is 0 Å². The Morgan fingerprint density at radius 3 is 2.54 bits per heavy atom. The highest BCUT2D eigenvalue weighted by Crippen LogP contribution is 2.37. The molecule has 1 amide bonds. The lowest BCUT2D eigenvalue weighted by Crippen LogP contribution is -2.30. The van der Waals surface area contributed by atoms with Crippen molar-refractivity contribution >= 4 is 61.3 Å². The van der Waals surface area contributed by atoms with Crippen LogP contribution in [-0.4, -0.2) is 18.0 Å². The highest BCUT2D eigenvalue weighted by molar-refractivity contribution is 9.11. The molecule has 1 saturated heterocycles. The van der Waals surface area contributed by atoms with E-state index in [1.165, 1.54) is 17.3 Å². The number of thioether (sulfide) groups is 1. The summed E-state index contributed by atoms with van der Waals surface area (Å²) in [6, 6.07) is 12.1. The summed E-state index contributed by atoms with van der Waals surface area (Å²) in [4.78, 5) is 13.0. The van der Waals surface area contributed by atoms with Gasteiger partial charge in [-0.3, -0.25) is 4.79 Å². The highest BCUT2D eigenvalue weighted by atomic mass is 79.9. The molecule has 28 heavy (non-hydrogen) atoms. The van der Waals surface area contributed by atoms with E-state index in [4.69, 9.17) is 4.74 Å². The Labute approximate surface area is 186 Å². The molecule has 7 heteroatoms. The maximum absolute atomic E-state index is 12.4. The maximum Gasteiger partial charge on any atom is 0.260 e. The minimum atomic E-state index is -0.201. The van der Waals surface area contributed by atoms with Crippen LogP contribution in [-0.2, 0) is 11.2 Å². The van der Waals surface area contributed by atoms with Crippen molar-refractivity contribution in [3.05, 3.63) is 74.0 Å². The van der Waals surface area contributed by atoms with E-state index in [1.807, 2.05) is 30.3 Å². The van der Waals surface area contributed by atoms with Crippen LogP contribution in [0.15, 0.2) is 62.9 Å². The Morgan fingerprint density at radius 2 is 1.93 bits per heavy atom. The van der Waals surface area contributed by atoms with Gasteiger partial charge in [-0.25, -0.2) is 0 Å². The first-order valence-corrected chi connectivity index (χ1v) is 11.2. The molecule has 2 N–H and O–H groups in total. The summed E-state index contributed by atoms with van der Waals surface area (Å²) in [5.41, 5.74) is 2.96. The first kappa shape index (κ1) is 21.0. The number of carbonyl (C=O) groups excluding carboxylic acids is 1. The molecule has 0 bridgehead atoms. The van der Waals surface area contributed by atoms with Crippen molar-refractivity contribution in [3.63, 3.8) is 0 Å². The molecule has 0 saturated carbocycles. The highest BCUT2D eigenvalue weighted by Gasteiger charge is 2.27. The molecule has 0 unspecified atom stereocenters. The zero-order valence-corrected chi connectivity index (χ0v) is 19.3. The van der Waals surface area contributed by atoms with E-state index in [0.29, 0.717) is 17.3 Å². The average molecular weight is 524 g/mol. The van der Waals surface area contributed by atoms with Gasteiger partial charge in [-0.05, 0) is 79.7 Å². The molecule has 3 rings (SSSR count). The van der Waals surface area contributed by atoms with Gasteiger partial charge in [0, 0.05) is 5.69 Å². The van der Waals surface area contributed by atoms with Crippen LogP contribution in [0.4, 0.5) is 5.69 Å². The third-order valence-electron chi connectivity index (χ3n) is 4.05. The quantitative estimate of drug-likeness (QED) is 0.348. The summed E-state index contributed by atoms with van der Waals surface area (Å²) in [7, 11) is 0. The zero-order chi connectivity index (χ0) is 20.1. The molecule has 146 valence electrons. The normalized spacial score (nSPS) is 17.5. The van der Waals surface area contributed by atoms with Crippen molar-refractivity contribution in [1.29, 1.82) is 0 Å². The van der Waals surface area contributed by atoms with E-state index < -0.39 is 0 Å². The van der Waals surface area contributed by atoms with Crippen LogP contribution in [0.5, 0.6) is 5.75 Å². The average Bonchev–Trinajstić information content (AvgIpc) is 3.00. The Kier molecular flexibility index (Phi) is 7.26. The topological polar surface area (TPSA) is 50.4 Å². The number of carbonyl (C=O) groups is 1. The second kappa shape index (κ2) is 9.67. The Morgan fingerprint density at radius 1 is 1.25 bits per heavy atom. The number of aryl methyl sites for hydroxylation is 1. The molecule has 1 heterocycles. The minimum absolute atomic E-state index is 0.0908. The number of benzene rings is 2. The number of nitrogens with one attached hydrogen (secondary N) is 2. The fourth-order valence-corrected chi connectivity index (χ4v) is 5.08. The predicted molar refractivity (Wildman–Crippen MR) is 124 cm³/mol. The van der Waals surface area contributed by atoms with E-state index in [2.05, 4.69) is 68.1 Å². The number of anilines is 1. The number of hydrogen-bond acceptors (Lipinski definition) is 4. The number of amides is 1. The molecular weight excluding hydrogens is 504 g/mol. The Hall–Kier alpha value is -1.70. The predicted octanol–water partition coefficient (Wildman–Crippen LogP) is 5.94. The molecule has 0 radical (unpaired) electrons. The SMILES string of the molecule is C=CCOc1c(Br)cc(/C=C2/S[C@H](Nc3ccc(CC)cc3)NC2=O)cc1Br. The lowest BCUT2D eigenvalue weighted by Gasteiger charge is -2.13. The lowest BCUT2D eigenvalue weighted by atomic mass is 10.1. The van der Waals surface area contributed by atoms with Gasteiger partial charge in [0.2, 0.25) is 0 Å². The van der Waals surface area contributed by atoms with Gasteiger partial charge in [0.05, 0.1) is 13.9 Å². The monoisotopic (exact) mass is 522 g/mol. The van der Waals surface area contributed by atoms with Gasteiger partial charge in [0.15, 0.2) is 5.50 Å². The van der Waals surface area contributed by atoms with Gasteiger partial charge in [-0.15, -0.1) is 0 Å². The van der Waals surface area contributed by atoms with Crippen LogP contribution in [0, 0.1) is 0 Å². The molecule has 1 aliphatic rings. The fourth-order valence-electron chi connectivity index (χ4n) is 2.65. The molecule has 0 spiro atoms. The van der Waals surface area contributed by atoms with Gasteiger partial charge in [0.1, 0.15) is 12.4 Å². The first-order chi connectivity index (χ1) is 13.5. The van der Waals surface area contributed by atoms with Gasteiger partial charge < -0.3 is 15.4 Å². The summed E-state index contributed by atoms with van der Waals surface area (Å²) in [6.45, 7) is 6.20. The number of hydrogen-bond donors (Lipinski definition) is 2. The summed E-state index contributed by atoms with van der Waals surface area (Å²) >= 11 is 8.51. The molecule has 0 aliphatic carbocycles. The molecular formula is C21H20Br2N2O2S. The summed E-state index contributed by atoms with van der Waals surface area (Å²) in [5, 5.41) is 6.29. The van der Waals surface area contributed by atoms with Crippen molar-refractivity contribution < 1.29 is 9.53 Å². The molecule has 1 atom stereocenters. The standard InChI is InChI=1S/C21H20Br2N2O2S/c1-3-9-27-19-16(22)10-14(11-17(19)23)12-18-20(26)25-21(28-18)24-15-7-5-13(4-2)6-8-15/h3,5-8,10-12,21,24H,1,4,9H2,2H3,(H,25,26)/b18-12+/t21-/m1/s1. The van der Waals surface area contributed by atoms with E-state index in [1.54, 1.807) is 6.08 Å². The van der Waals surface area contributed by atoms with E-state index in [9.17, 15) is 4.79 Å². The van der Waals surface area contributed by atoms with Gasteiger partial charge >= 0.3 is 0 Å². The van der Waals surface area contributed by atoms with Crippen LogP contribution in [0.3, 0.4) is 0 Å². The zero-order valence-electron chi connectivity index (χ0n) is 15.3. The molecule has 0 aromatic heterocycles. The molecule has 2 aromatic rings. The number of halogens is 2. The molecule has 4 nitrogen and oxygen atoms in total. The Bertz CT molecular complexity index is 890. The minimum Gasteiger partial charge on any atom is -0.487 e. The van der Waals surface area contributed by atoms with Crippen molar-refractivity contribution in [1.82, 2.24) is 5.32 Å². The summed E-state index contributed by atoms with van der Waals surface area (Å²) in [6.07, 6.45) is 4.57. The van der Waals surface area contributed by atoms with Gasteiger partial charge in [-0.1, -0.05) is 43.5 Å². The van der Waals surface area contributed by atoms with Crippen LogP contribution in [0.1, 0.15) is 18.1 Å². The Balaban J connectivity index is 1.72. The van der Waals surface area contributed by atoms with Crippen molar-refractivity contribution in [2.75, 3.05) is 11.9 Å². The lowest BCUT2D eigenvalue weighted by molar-refractivity contribution is -0.116. The smallest absolute Gasteiger partial charge is 0.260 e. The van der Waals surface area contributed by atoms with Crippen LogP contribution < -0.4 is 15.4 Å². The molecule has 1 fully saturated rings. The largest absolute Gasteiger partial charge is 0.487 e. The van der Waals surface area contributed by atoms with Crippen molar-refractivity contribution in [3.8, 4) is 5.75 Å². The fraction of sp³-hybridized carbons (Fsp3) is 0.190. The van der Waals surface area contributed by atoms with Crippen molar-refractivity contribution in [2.45, 2.75) is 18.8 Å². The number of ether oxygens (including phenoxy) is 1. The van der Waals surface area contributed by atoms with E-state index in [-0.39, 0.29) is 11.4 Å². The second-order valence-electron chi connectivity index (χ2n) is 6.09. The third-order valence-corrected chi connectivity index (χ3v) is 6.26. The van der Waals surface area contributed by atoms with E-state index >= 15 is 0 Å². The second-order valence-corrected chi connectivity index (χ2v) is 8.94. The van der Waals surface area contributed by atoms with Gasteiger partial charge in [0.25, 0.3) is 5.91 Å². The first-order valence-electron chi connectivity index (χ1n) is 8.77. The summed E-state index contributed by atoms with van der Waals surface area (Å²) < 4.78 is 7.26.